The Kier molecular flexibility index (Phi) is 4.44. The van der Waals surface area contributed by atoms with Crippen LogP contribution in [-0.4, -0.2) is 23.0 Å². The summed E-state index contributed by atoms with van der Waals surface area (Å²) in [5.41, 5.74) is 5.31. The summed E-state index contributed by atoms with van der Waals surface area (Å²) in [6, 6.07) is 6.96. The summed E-state index contributed by atoms with van der Waals surface area (Å²) >= 11 is 0. The third kappa shape index (κ3) is 3.59. The Morgan fingerprint density at radius 3 is 2.32 bits per heavy atom. The number of benzene rings is 1. The normalized spacial score (nSPS) is 17.0. The minimum atomic E-state index is -0.905. The highest BCUT2D eigenvalue weighted by Crippen LogP contribution is 2.34. The second-order valence-electron chi connectivity index (χ2n) is 6.83. The molecule has 0 atom stereocenters. The van der Waals surface area contributed by atoms with Gasteiger partial charge in [0.05, 0.1) is 0 Å². The van der Waals surface area contributed by atoms with Crippen molar-refractivity contribution >= 4 is 17.6 Å². The van der Waals surface area contributed by atoms with E-state index in [0.29, 0.717) is 24.1 Å². The Bertz CT molecular complexity index is 570. The number of nitrogens with two attached hydrogens (primary N) is 1. The summed E-state index contributed by atoms with van der Waals surface area (Å²) in [5.74, 6) is -0.131. The molecule has 1 fully saturated rings. The van der Waals surface area contributed by atoms with Gasteiger partial charge in [0.15, 0.2) is 5.78 Å². The van der Waals surface area contributed by atoms with E-state index in [2.05, 4.69) is 5.32 Å². The number of ether oxygens (including phenoxy) is 1. The van der Waals surface area contributed by atoms with Crippen molar-refractivity contribution in [1.82, 2.24) is 5.32 Å². The first-order valence-electron chi connectivity index (χ1n) is 7.64. The zero-order valence-electron chi connectivity index (χ0n) is 13.4. The van der Waals surface area contributed by atoms with E-state index in [0.717, 1.165) is 12.8 Å². The number of anilines is 1. The monoisotopic (exact) mass is 304 g/mol. The molecule has 0 aliphatic heterocycles. The fraction of sp³-hybridized carbons (Fsp3) is 0.529. The quantitative estimate of drug-likeness (QED) is 0.663. The van der Waals surface area contributed by atoms with E-state index in [1.807, 2.05) is 0 Å². The number of Topliss-reactive ketones (excluding diaryl/α,β-unsaturated/α-hetero) is 1. The molecule has 1 saturated carbocycles. The molecule has 3 N–H and O–H groups in total. The van der Waals surface area contributed by atoms with E-state index < -0.39 is 17.2 Å². The van der Waals surface area contributed by atoms with Gasteiger partial charge in [-0.1, -0.05) is 25.0 Å². The van der Waals surface area contributed by atoms with Crippen LogP contribution in [0.1, 0.15) is 56.8 Å². The lowest BCUT2D eigenvalue weighted by Gasteiger charge is -2.30. The van der Waals surface area contributed by atoms with E-state index in [4.69, 9.17) is 10.5 Å². The van der Waals surface area contributed by atoms with Crippen molar-refractivity contribution in [2.24, 2.45) is 0 Å². The van der Waals surface area contributed by atoms with Crippen molar-refractivity contribution in [3.63, 3.8) is 0 Å². The van der Waals surface area contributed by atoms with Crippen LogP contribution in [0.5, 0.6) is 0 Å². The van der Waals surface area contributed by atoms with Crippen LogP contribution in [0.3, 0.4) is 0 Å². The molecule has 0 aromatic heterocycles. The minimum absolute atomic E-state index is 0.131. The number of hydrogen-bond donors (Lipinski definition) is 2. The second-order valence-corrected chi connectivity index (χ2v) is 6.83. The Balaban J connectivity index is 2.24. The summed E-state index contributed by atoms with van der Waals surface area (Å²) in [6.07, 6.45) is 2.46. The van der Waals surface area contributed by atoms with Crippen LogP contribution >= 0.6 is 0 Å². The SMILES string of the molecule is CC(C)(C)OC(=O)NC1(C(=O)c2ccccc2N)CCCC1. The number of hydrogen-bond acceptors (Lipinski definition) is 4. The molecule has 22 heavy (non-hydrogen) atoms. The van der Waals surface area contributed by atoms with Crippen LogP contribution < -0.4 is 11.1 Å². The molecule has 5 nitrogen and oxygen atoms in total. The van der Waals surface area contributed by atoms with Crippen LogP contribution in [0.25, 0.3) is 0 Å². The standard InChI is InChI=1S/C17H24N2O3/c1-16(2,3)22-15(21)19-17(10-6-7-11-17)14(20)12-8-4-5-9-13(12)18/h4-5,8-9H,6-7,10-11,18H2,1-3H3,(H,19,21). The van der Waals surface area contributed by atoms with Gasteiger partial charge in [-0.25, -0.2) is 4.79 Å². The van der Waals surface area contributed by atoms with Crippen molar-refractivity contribution in [2.45, 2.75) is 57.6 Å². The topological polar surface area (TPSA) is 81.4 Å². The Morgan fingerprint density at radius 1 is 1.18 bits per heavy atom. The predicted molar refractivity (Wildman–Crippen MR) is 85.8 cm³/mol. The maximum Gasteiger partial charge on any atom is 0.408 e. The van der Waals surface area contributed by atoms with Crippen molar-refractivity contribution in [3.05, 3.63) is 29.8 Å². The van der Waals surface area contributed by atoms with Crippen LogP contribution in [0.2, 0.25) is 0 Å². The van der Waals surface area contributed by atoms with Crippen molar-refractivity contribution in [2.75, 3.05) is 5.73 Å². The molecule has 0 radical (unpaired) electrons. The summed E-state index contributed by atoms with van der Waals surface area (Å²) in [4.78, 5) is 25.1. The molecule has 1 aliphatic rings. The molecule has 0 saturated heterocycles. The third-order valence-electron chi connectivity index (χ3n) is 3.84. The van der Waals surface area contributed by atoms with Gasteiger partial charge < -0.3 is 15.8 Å². The third-order valence-corrected chi connectivity index (χ3v) is 3.84. The fourth-order valence-electron chi connectivity index (χ4n) is 2.85. The largest absolute Gasteiger partial charge is 0.444 e. The number of carbonyl (C=O) groups is 2. The summed E-state index contributed by atoms with van der Waals surface area (Å²) in [6.45, 7) is 5.39. The predicted octanol–water partition coefficient (Wildman–Crippen LogP) is 3.29. The molecule has 0 unspecified atom stereocenters. The lowest BCUT2D eigenvalue weighted by Crippen LogP contribution is -2.53. The van der Waals surface area contributed by atoms with Gasteiger partial charge >= 0.3 is 6.09 Å². The van der Waals surface area contributed by atoms with Crippen molar-refractivity contribution in [1.29, 1.82) is 0 Å². The lowest BCUT2D eigenvalue weighted by molar-refractivity contribution is 0.0436. The van der Waals surface area contributed by atoms with E-state index in [1.54, 1.807) is 45.0 Å². The number of nitrogens with one attached hydrogen (secondary N) is 1. The summed E-state index contributed by atoms with van der Waals surface area (Å²) < 4.78 is 5.31. The summed E-state index contributed by atoms with van der Waals surface area (Å²) in [5, 5.41) is 2.81. The van der Waals surface area contributed by atoms with Crippen molar-refractivity contribution < 1.29 is 14.3 Å². The molecule has 1 aromatic rings. The Hall–Kier alpha value is -2.04. The van der Waals surface area contributed by atoms with E-state index in [-0.39, 0.29) is 5.78 Å². The Morgan fingerprint density at radius 2 is 1.77 bits per heavy atom. The number of ketones is 1. The van der Waals surface area contributed by atoms with E-state index in [1.165, 1.54) is 0 Å². The minimum Gasteiger partial charge on any atom is -0.444 e. The highest BCUT2D eigenvalue weighted by molar-refractivity contribution is 6.08. The number of para-hydroxylation sites is 1. The zero-order valence-corrected chi connectivity index (χ0v) is 13.4. The highest BCUT2D eigenvalue weighted by atomic mass is 16.6. The number of amides is 1. The van der Waals surface area contributed by atoms with Gasteiger partial charge in [0.1, 0.15) is 11.1 Å². The van der Waals surface area contributed by atoms with Crippen LogP contribution in [-0.2, 0) is 4.74 Å². The summed E-state index contributed by atoms with van der Waals surface area (Å²) in [7, 11) is 0. The Labute approximate surface area is 131 Å². The molecule has 2 rings (SSSR count). The van der Waals surface area contributed by atoms with Gasteiger partial charge in [-0.3, -0.25) is 4.79 Å². The highest BCUT2D eigenvalue weighted by Gasteiger charge is 2.44. The van der Waals surface area contributed by atoms with Gasteiger partial charge in [-0.15, -0.1) is 0 Å². The van der Waals surface area contributed by atoms with Crippen molar-refractivity contribution in [3.8, 4) is 0 Å². The van der Waals surface area contributed by atoms with Crippen LogP contribution in [0.15, 0.2) is 24.3 Å². The number of carbonyl (C=O) groups excluding carboxylic acids is 2. The second kappa shape index (κ2) is 5.99. The van der Waals surface area contributed by atoms with Gasteiger partial charge in [-0.05, 0) is 45.7 Å². The first-order valence-corrected chi connectivity index (χ1v) is 7.64. The zero-order chi connectivity index (χ0) is 16.4. The molecule has 1 aliphatic carbocycles. The lowest BCUT2D eigenvalue weighted by atomic mass is 9.87. The molecule has 0 heterocycles. The average molecular weight is 304 g/mol. The molecule has 0 spiro atoms. The van der Waals surface area contributed by atoms with E-state index >= 15 is 0 Å². The first-order chi connectivity index (χ1) is 10.2. The number of alkyl carbamates (subject to hydrolysis) is 1. The maximum absolute atomic E-state index is 12.9. The smallest absolute Gasteiger partial charge is 0.408 e. The van der Waals surface area contributed by atoms with Gasteiger partial charge in [-0.2, -0.15) is 0 Å². The molecule has 0 bridgehead atoms. The number of nitrogen functional groups attached to an aromatic ring is 1. The fourth-order valence-corrected chi connectivity index (χ4v) is 2.85. The van der Waals surface area contributed by atoms with E-state index in [9.17, 15) is 9.59 Å². The number of rotatable bonds is 3. The molecular formula is C17H24N2O3. The molecule has 120 valence electrons. The maximum atomic E-state index is 12.9. The molecule has 5 heteroatoms. The first kappa shape index (κ1) is 16.3. The molecular weight excluding hydrogens is 280 g/mol. The van der Waals surface area contributed by atoms with Gasteiger partial charge in [0.25, 0.3) is 0 Å². The molecule has 1 aromatic carbocycles. The van der Waals surface area contributed by atoms with Crippen LogP contribution in [0, 0.1) is 0 Å². The van der Waals surface area contributed by atoms with Gasteiger partial charge in [0.2, 0.25) is 0 Å². The average Bonchev–Trinajstić information content (AvgIpc) is 2.86. The van der Waals surface area contributed by atoms with Crippen LogP contribution in [0.4, 0.5) is 10.5 Å². The molecule has 1 amide bonds. The van der Waals surface area contributed by atoms with Gasteiger partial charge in [0, 0.05) is 11.3 Å².